The maximum Gasteiger partial charge on any atom is 0.341 e. The summed E-state index contributed by atoms with van der Waals surface area (Å²) in [5.74, 6) is -1.73. The van der Waals surface area contributed by atoms with Crippen molar-refractivity contribution in [3.05, 3.63) is 93.7 Å². The van der Waals surface area contributed by atoms with Crippen molar-refractivity contribution in [2.45, 2.75) is 6.42 Å². The first-order valence-corrected chi connectivity index (χ1v) is 7.20. The van der Waals surface area contributed by atoms with E-state index in [1.807, 2.05) is 30.3 Å². The lowest BCUT2D eigenvalue weighted by Crippen LogP contribution is -2.24. The molecule has 120 valence electrons. The Labute approximate surface area is 136 Å². The van der Waals surface area contributed by atoms with Crippen molar-refractivity contribution >= 4 is 5.97 Å². The van der Waals surface area contributed by atoms with E-state index in [0.29, 0.717) is 5.69 Å². The zero-order valence-corrected chi connectivity index (χ0v) is 12.5. The van der Waals surface area contributed by atoms with E-state index >= 15 is 0 Å². The van der Waals surface area contributed by atoms with Crippen molar-refractivity contribution in [3.63, 3.8) is 0 Å². The largest absolute Gasteiger partial charge is 0.477 e. The Bertz CT molecular complexity index is 935. The lowest BCUT2D eigenvalue weighted by atomic mass is 10.0. The first-order valence-electron chi connectivity index (χ1n) is 7.20. The van der Waals surface area contributed by atoms with Gasteiger partial charge in [0.2, 0.25) is 5.43 Å². The maximum absolute atomic E-state index is 13.1. The van der Waals surface area contributed by atoms with Gasteiger partial charge in [0.1, 0.15) is 11.4 Å². The summed E-state index contributed by atoms with van der Waals surface area (Å²) in [4.78, 5) is 23.6. The molecule has 0 fully saturated rings. The highest BCUT2D eigenvalue weighted by atomic mass is 19.1. The molecule has 5 nitrogen and oxygen atoms in total. The molecule has 0 amide bonds. The molecule has 3 rings (SSSR count). The maximum atomic E-state index is 13.1. The van der Waals surface area contributed by atoms with Gasteiger partial charge in [-0.25, -0.2) is 13.9 Å². The monoisotopic (exact) mass is 324 g/mol. The van der Waals surface area contributed by atoms with Crippen molar-refractivity contribution in [1.29, 1.82) is 0 Å². The molecule has 6 heteroatoms. The van der Waals surface area contributed by atoms with Gasteiger partial charge in [0.15, 0.2) is 0 Å². The first kappa shape index (κ1) is 15.6. The van der Waals surface area contributed by atoms with Gasteiger partial charge < -0.3 is 5.11 Å². The second-order valence-electron chi connectivity index (χ2n) is 5.19. The number of rotatable bonds is 4. The third kappa shape index (κ3) is 3.08. The van der Waals surface area contributed by atoms with Gasteiger partial charge in [-0.3, -0.25) is 4.79 Å². The topological polar surface area (TPSA) is 72.2 Å². The van der Waals surface area contributed by atoms with Gasteiger partial charge in [-0.2, -0.15) is 5.10 Å². The van der Waals surface area contributed by atoms with Crippen molar-refractivity contribution in [3.8, 4) is 5.69 Å². The number of nitrogens with zero attached hydrogens (tertiary/aromatic N) is 2. The Morgan fingerprint density at radius 1 is 1.08 bits per heavy atom. The minimum atomic E-state index is -1.32. The molecule has 2 aromatic carbocycles. The van der Waals surface area contributed by atoms with Gasteiger partial charge in [0.05, 0.1) is 17.6 Å². The molecule has 0 aliphatic carbocycles. The normalized spacial score (nSPS) is 10.5. The fraction of sp³-hybridized carbons (Fsp3) is 0.0556. The van der Waals surface area contributed by atoms with Crippen LogP contribution in [-0.2, 0) is 6.42 Å². The lowest BCUT2D eigenvalue weighted by molar-refractivity contribution is 0.0693. The summed E-state index contributed by atoms with van der Waals surface area (Å²) in [5, 5.41) is 13.5. The second-order valence-corrected chi connectivity index (χ2v) is 5.19. The van der Waals surface area contributed by atoms with E-state index in [9.17, 15) is 19.1 Å². The van der Waals surface area contributed by atoms with Gasteiger partial charge in [-0.1, -0.05) is 30.3 Å². The molecule has 3 aromatic rings. The van der Waals surface area contributed by atoms with Gasteiger partial charge >= 0.3 is 5.97 Å². The zero-order valence-electron chi connectivity index (χ0n) is 12.5. The summed E-state index contributed by atoms with van der Waals surface area (Å²) in [5.41, 5.74) is 0.561. The fourth-order valence-corrected chi connectivity index (χ4v) is 2.48. The van der Waals surface area contributed by atoms with Crippen LogP contribution in [0.25, 0.3) is 5.69 Å². The van der Waals surface area contributed by atoms with Gasteiger partial charge in [0, 0.05) is 6.42 Å². The third-order valence-corrected chi connectivity index (χ3v) is 3.58. The third-order valence-electron chi connectivity index (χ3n) is 3.58. The summed E-state index contributed by atoms with van der Waals surface area (Å²) < 4.78 is 14.5. The van der Waals surface area contributed by atoms with E-state index in [-0.39, 0.29) is 17.7 Å². The van der Waals surface area contributed by atoms with Crippen molar-refractivity contribution in [1.82, 2.24) is 9.78 Å². The number of carbonyl (C=O) groups is 1. The van der Waals surface area contributed by atoms with Crippen LogP contribution in [0.15, 0.2) is 65.6 Å². The molecule has 0 spiro atoms. The van der Waals surface area contributed by atoms with E-state index in [0.717, 1.165) is 11.8 Å². The molecule has 0 saturated carbocycles. The molecule has 0 atom stereocenters. The Morgan fingerprint density at radius 3 is 2.38 bits per heavy atom. The molecular formula is C18H13FN2O3. The number of aromatic carboxylic acids is 1. The molecule has 0 radical (unpaired) electrons. The van der Waals surface area contributed by atoms with Crippen LogP contribution >= 0.6 is 0 Å². The predicted molar refractivity (Wildman–Crippen MR) is 86.0 cm³/mol. The van der Waals surface area contributed by atoms with Crippen LogP contribution in [0.4, 0.5) is 4.39 Å². The Morgan fingerprint density at radius 2 is 1.75 bits per heavy atom. The highest BCUT2D eigenvalue weighted by molar-refractivity contribution is 5.88. The van der Waals surface area contributed by atoms with Gasteiger partial charge in [-0.15, -0.1) is 0 Å². The SMILES string of the molecule is O=C(O)c1c(Cc2ccccc2)n(-c2ccc(F)cc2)ncc1=O. The van der Waals surface area contributed by atoms with Crippen molar-refractivity contribution in [2.75, 3.05) is 0 Å². The number of hydrogen-bond donors (Lipinski definition) is 1. The molecule has 0 saturated heterocycles. The molecule has 1 aromatic heterocycles. The molecule has 0 aliphatic rings. The van der Waals surface area contributed by atoms with E-state index in [4.69, 9.17) is 0 Å². The van der Waals surface area contributed by atoms with Gasteiger partial charge in [0.25, 0.3) is 0 Å². The summed E-state index contributed by atoms with van der Waals surface area (Å²) in [6, 6.07) is 14.6. The average molecular weight is 324 g/mol. The van der Waals surface area contributed by atoms with Crippen LogP contribution in [0.3, 0.4) is 0 Å². The molecular weight excluding hydrogens is 311 g/mol. The number of aromatic nitrogens is 2. The number of carboxylic acids is 1. The standard InChI is InChI=1S/C18H13FN2O3/c19-13-6-8-14(9-7-13)21-15(10-12-4-2-1-3-5-12)17(18(23)24)16(22)11-20-21/h1-9,11H,10H2,(H,23,24). The molecule has 1 N–H and O–H groups in total. The van der Waals surface area contributed by atoms with Crippen LogP contribution in [-0.4, -0.2) is 20.9 Å². The van der Waals surface area contributed by atoms with Gasteiger partial charge in [-0.05, 0) is 29.8 Å². The van der Waals surface area contributed by atoms with Crippen LogP contribution < -0.4 is 5.43 Å². The first-order chi connectivity index (χ1) is 11.6. The van der Waals surface area contributed by atoms with E-state index in [2.05, 4.69) is 5.10 Å². The molecule has 0 unspecified atom stereocenters. The van der Waals surface area contributed by atoms with Crippen LogP contribution in [0.5, 0.6) is 0 Å². The zero-order chi connectivity index (χ0) is 17.1. The Balaban J connectivity index is 2.21. The summed E-state index contributed by atoms with van der Waals surface area (Å²) >= 11 is 0. The van der Waals surface area contributed by atoms with Crippen molar-refractivity contribution in [2.24, 2.45) is 0 Å². The minimum Gasteiger partial charge on any atom is -0.477 e. The van der Waals surface area contributed by atoms with Crippen LogP contribution in [0.2, 0.25) is 0 Å². The summed E-state index contributed by atoms with van der Waals surface area (Å²) in [6.45, 7) is 0. The van der Waals surface area contributed by atoms with Crippen molar-refractivity contribution < 1.29 is 14.3 Å². The average Bonchev–Trinajstić information content (AvgIpc) is 2.57. The quantitative estimate of drug-likeness (QED) is 0.801. The number of benzene rings is 2. The van der Waals surface area contributed by atoms with E-state index < -0.39 is 17.2 Å². The smallest absolute Gasteiger partial charge is 0.341 e. The molecule has 1 heterocycles. The van der Waals surface area contributed by atoms with Crippen LogP contribution in [0, 0.1) is 5.82 Å². The number of halogens is 1. The number of carboxylic acid groups (broad SMARTS) is 1. The Kier molecular flexibility index (Phi) is 4.20. The van der Waals surface area contributed by atoms with Crippen LogP contribution in [0.1, 0.15) is 21.6 Å². The highest BCUT2D eigenvalue weighted by Gasteiger charge is 2.20. The summed E-state index contributed by atoms with van der Waals surface area (Å²) in [6.07, 6.45) is 1.17. The molecule has 24 heavy (non-hydrogen) atoms. The molecule has 0 bridgehead atoms. The number of hydrogen-bond acceptors (Lipinski definition) is 3. The van der Waals surface area contributed by atoms with E-state index in [1.54, 1.807) is 0 Å². The fourth-order valence-electron chi connectivity index (χ4n) is 2.48. The van der Waals surface area contributed by atoms with E-state index in [1.165, 1.54) is 28.9 Å². The Hall–Kier alpha value is -3.28. The predicted octanol–water partition coefficient (Wildman–Crippen LogP) is 2.66. The minimum absolute atomic E-state index is 0.211. The summed E-state index contributed by atoms with van der Waals surface area (Å²) in [7, 11) is 0. The molecule has 0 aliphatic heterocycles. The second kappa shape index (κ2) is 6.45. The lowest BCUT2D eigenvalue weighted by Gasteiger charge is -2.14. The highest BCUT2D eigenvalue weighted by Crippen LogP contribution is 2.16.